The number of ether oxygens (including phenoxy) is 2. The summed E-state index contributed by atoms with van der Waals surface area (Å²) in [5, 5.41) is 13.2. The number of aliphatic hydroxyl groups is 1. The van der Waals surface area contributed by atoms with Crippen molar-refractivity contribution in [3.05, 3.63) is 50.6 Å². The molecule has 1 aromatic carbocycles. The van der Waals surface area contributed by atoms with Crippen molar-refractivity contribution in [3.8, 4) is 5.75 Å². The first kappa shape index (κ1) is 19.5. The summed E-state index contributed by atoms with van der Waals surface area (Å²) in [5.74, 6) is 0.198. The third kappa shape index (κ3) is 4.90. The van der Waals surface area contributed by atoms with Crippen LogP contribution < -0.4 is 4.74 Å². The van der Waals surface area contributed by atoms with Gasteiger partial charge in [-0.1, -0.05) is 29.3 Å². The number of carbonyl (C=O) groups is 1. The Kier molecular flexibility index (Phi) is 6.78. The second-order valence-corrected chi connectivity index (χ2v) is 7.77. The average Bonchev–Trinajstić information content (AvgIpc) is 3.17. The quantitative estimate of drug-likeness (QED) is 0.779. The highest BCUT2D eigenvalue weighted by molar-refractivity contribution is 7.10. The van der Waals surface area contributed by atoms with Crippen LogP contribution in [0.3, 0.4) is 0 Å². The average molecular weight is 416 g/mol. The third-order valence-corrected chi connectivity index (χ3v) is 5.68. The van der Waals surface area contributed by atoms with Gasteiger partial charge in [-0.25, -0.2) is 0 Å². The molecule has 0 radical (unpaired) electrons. The predicted octanol–water partition coefficient (Wildman–Crippen LogP) is 3.78. The number of nitrogens with zero attached hydrogens (tertiary/aromatic N) is 1. The van der Waals surface area contributed by atoms with E-state index in [4.69, 9.17) is 32.7 Å². The summed E-state index contributed by atoms with van der Waals surface area (Å²) in [6.07, 6.45) is -0.204. The van der Waals surface area contributed by atoms with Gasteiger partial charge in [-0.3, -0.25) is 4.79 Å². The van der Waals surface area contributed by atoms with Crippen LogP contribution in [-0.4, -0.2) is 48.3 Å². The number of thiophene rings is 1. The topological polar surface area (TPSA) is 59.0 Å². The second kappa shape index (κ2) is 9.06. The number of aliphatic hydroxyl groups excluding tert-OH is 1. The van der Waals surface area contributed by atoms with Crippen LogP contribution in [0.4, 0.5) is 0 Å². The molecular weight excluding hydrogens is 397 g/mol. The molecule has 0 saturated carbocycles. The number of carbonyl (C=O) groups excluding carboxylic acids is 1. The largest absolute Gasteiger partial charge is 0.482 e. The van der Waals surface area contributed by atoms with Crippen molar-refractivity contribution in [1.82, 2.24) is 4.90 Å². The van der Waals surface area contributed by atoms with E-state index < -0.39 is 6.10 Å². The van der Waals surface area contributed by atoms with Crippen molar-refractivity contribution >= 4 is 40.4 Å². The molecule has 140 valence electrons. The third-order valence-electron chi connectivity index (χ3n) is 4.16. The molecule has 26 heavy (non-hydrogen) atoms. The minimum Gasteiger partial charge on any atom is -0.482 e. The number of morpholine rings is 1. The molecule has 3 rings (SSSR count). The van der Waals surface area contributed by atoms with Gasteiger partial charge in [0.2, 0.25) is 0 Å². The van der Waals surface area contributed by atoms with Crippen LogP contribution in [0.15, 0.2) is 35.7 Å². The molecule has 8 heteroatoms. The molecule has 1 saturated heterocycles. The summed E-state index contributed by atoms with van der Waals surface area (Å²) in [6, 6.07) is 8.43. The zero-order chi connectivity index (χ0) is 18.5. The van der Waals surface area contributed by atoms with Crippen LogP contribution in [0.2, 0.25) is 10.0 Å². The van der Waals surface area contributed by atoms with Crippen molar-refractivity contribution in [2.45, 2.75) is 18.6 Å². The number of halogens is 2. The summed E-state index contributed by atoms with van der Waals surface area (Å²) >= 11 is 13.5. The van der Waals surface area contributed by atoms with E-state index in [0.29, 0.717) is 42.0 Å². The monoisotopic (exact) mass is 415 g/mol. The fourth-order valence-electron chi connectivity index (χ4n) is 2.84. The van der Waals surface area contributed by atoms with Crippen molar-refractivity contribution in [3.63, 3.8) is 0 Å². The number of hydrogen-bond acceptors (Lipinski definition) is 5. The highest BCUT2D eigenvalue weighted by atomic mass is 35.5. The highest BCUT2D eigenvalue weighted by Crippen LogP contribution is 2.28. The lowest BCUT2D eigenvalue weighted by atomic mass is 10.1. The van der Waals surface area contributed by atoms with Crippen LogP contribution >= 0.6 is 34.5 Å². The Bertz CT molecular complexity index is 741. The minimum atomic E-state index is -0.625. The Balaban J connectivity index is 1.61. The number of benzene rings is 1. The molecule has 5 nitrogen and oxygen atoms in total. The first-order valence-corrected chi connectivity index (χ1v) is 9.84. The fraction of sp³-hybridized carbons (Fsp3) is 0.389. The van der Waals surface area contributed by atoms with E-state index in [1.54, 1.807) is 23.1 Å². The standard InChI is InChI=1S/C18H19Cl2NO4S/c19-12-3-4-14(20)16(8-12)25-11-18(23)21-5-6-24-10-13(21)9-15(22)17-2-1-7-26-17/h1-4,7-8,13,15,22H,5-6,9-11H2/t13-,15+/m1/s1. The number of hydrogen-bond donors (Lipinski definition) is 1. The molecule has 2 atom stereocenters. The molecule has 2 aromatic rings. The normalized spacial score (nSPS) is 18.6. The molecule has 0 unspecified atom stereocenters. The van der Waals surface area contributed by atoms with Crippen LogP contribution in [0, 0.1) is 0 Å². The lowest BCUT2D eigenvalue weighted by Crippen LogP contribution is -2.50. The molecular formula is C18H19Cl2NO4S. The van der Waals surface area contributed by atoms with Crippen molar-refractivity contribution in [2.75, 3.05) is 26.4 Å². The van der Waals surface area contributed by atoms with Gasteiger partial charge >= 0.3 is 0 Å². The van der Waals surface area contributed by atoms with Gasteiger partial charge in [-0.2, -0.15) is 0 Å². The van der Waals surface area contributed by atoms with Gasteiger partial charge in [-0.15, -0.1) is 11.3 Å². The first-order valence-electron chi connectivity index (χ1n) is 8.21. The number of amides is 1. The van der Waals surface area contributed by atoms with E-state index >= 15 is 0 Å². The van der Waals surface area contributed by atoms with E-state index in [9.17, 15) is 9.90 Å². The van der Waals surface area contributed by atoms with E-state index in [1.165, 1.54) is 11.3 Å². The van der Waals surface area contributed by atoms with Crippen molar-refractivity contribution in [1.29, 1.82) is 0 Å². The number of rotatable bonds is 6. The van der Waals surface area contributed by atoms with E-state index in [-0.39, 0.29) is 18.6 Å². The molecule has 1 aromatic heterocycles. The first-order chi connectivity index (χ1) is 12.5. The maximum Gasteiger partial charge on any atom is 0.260 e. The Labute approximate surface area is 166 Å². The van der Waals surface area contributed by atoms with E-state index in [1.807, 2.05) is 17.5 Å². The Morgan fingerprint density at radius 3 is 3.04 bits per heavy atom. The van der Waals surface area contributed by atoms with Crippen LogP contribution in [0.25, 0.3) is 0 Å². The highest BCUT2D eigenvalue weighted by Gasteiger charge is 2.30. The predicted molar refractivity (Wildman–Crippen MR) is 102 cm³/mol. The van der Waals surface area contributed by atoms with E-state index in [0.717, 1.165) is 4.88 Å². The lowest BCUT2D eigenvalue weighted by Gasteiger charge is -2.36. The van der Waals surface area contributed by atoms with E-state index in [2.05, 4.69) is 0 Å². The van der Waals surface area contributed by atoms with Crippen LogP contribution in [0.1, 0.15) is 17.4 Å². The maximum absolute atomic E-state index is 12.6. The smallest absolute Gasteiger partial charge is 0.260 e. The molecule has 0 aliphatic carbocycles. The summed E-state index contributed by atoms with van der Waals surface area (Å²) < 4.78 is 11.0. The Morgan fingerprint density at radius 2 is 2.27 bits per heavy atom. The molecule has 1 N–H and O–H groups in total. The molecule has 1 fully saturated rings. The molecule has 1 amide bonds. The second-order valence-electron chi connectivity index (χ2n) is 5.95. The van der Waals surface area contributed by atoms with Gasteiger partial charge < -0.3 is 19.5 Å². The van der Waals surface area contributed by atoms with Gasteiger partial charge in [0.15, 0.2) is 6.61 Å². The van der Waals surface area contributed by atoms with Gasteiger partial charge in [0.1, 0.15) is 5.75 Å². The molecule has 0 bridgehead atoms. The summed E-state index contributed by atoms with van der Waals surface area (Å²) in [4.78, 5) is 15.2. The Hall–Kier alpha value is -1.31. The van der Waals surface area contributed by atoms with Crippen LogP contribution in [-0.2, 0) is 9.53 Å². The maximum atomic E-state index is 12.6. The van der Waals surface area contributed by atoms with Crippen LogP contribution in [0.5, 0.6) is 5.75 Å². The van der Waals surface area contributed by atoms with Gasteiger partial charge in [0.05, 0.1) is 30.4 Å². The minimum absolute atomic E-state index is 0.147. The molecule has 1 aliphatic rings. The van der Waals surface area contributed by atoms with Crippen molar-refractivity contribution in [2.24, 2.45) is 0 Å². The van der Waals surface area contributed by atoms with Crippen molar-refractivity contribution < 1.29 is 19.4 Å². The molecule has 2 heterocycles. The Morgan fingerprint density at radius 1 is 1.42 bits per heavy atom. The molecule has 1 aliphatic heterocycles. The SMILES string of the molecule is O=C(COc1cc(Cl)ccc1Cl)N1CCOC[C@H]1C[C@H](O)c1cccs1. The zero-order valence-corrected chi connectivity index (χ0v) is 16.3. The zero-order valence-electron chi connectivity index (χ0n) is 13.9. The van der Waals surface area contributed by atoms with Gasteiger partial charge in [0.25, 0.3) is 5.91 Å². The summed E-state index contributed by atoms with van der Waals surface area (Å²) in [5.41, 5.74) is 0. The fourth-order valence-corrected chi connectivity index (χ4v) is 3.90. The lowest BCUT2D eigenvalue weighted by molar-refractivity contribution is -0.143. The van der Waals surface area contributed by atoms with Gasteiger partial charge in [0, 0.05) is 28.9 Å². The molecule has 0 spiro atoms. The van der Waals surface area contributed by atoms with Gasteiger partial charge in [-0.05, 0) is 23.6 Å². The summed E-state index contributed by atoms with van der Waals surface area (Å²) in [6.45, 7) is 1.18. The summed E-state index contributed by atoms with van der Waals surface area (Å²) in [7, 11) is 0.